The fraction of sp³-hybridized carbons (Fsp3) is 0.333. The van der Waals surface area contributed by atoms with Gasteiger partial charge >= 0.3 is 0 Å². The number of nitrogens with zero attached hydrogens (tertiary/aromatic N) is 1. The van der Waals surface area contributed by atoms with E-state index in [1.54, 1.807) is 36.1 Å². The molecule has 0 spiro atoms. The molecule has 1 heterocycles. The standard InChI is InChI=1S/C21H25N3O4S/c1-3-15(2)23-29(27,28)19-12-6-16(7-13-19)21(26)22-17-8-10-18(11-9-17)24-14-4-5-20(24)25/h6-13,15,23H,3-5,14H2,1-2H3,(H,22,26)/t15-/m1/s1. The van der Waals surface area contributed by atoms with Crippen molar-refractivity contribution < 1.29 is 18.0 Å². The number of anilines is 2. The molecule has 1 fully saturated rings. The Hall–Kier alpha value is -2.71. The van der Waals surface area contributed by atoms with Gasteiger partial charge in [0.2, 0.25) is 15.9 Å². The summed E-state index contributed by atoms with van der Waals surface area (Å²) in [7, 11) is -3.60. The van der Waals surface area contributed by atoms with Crippen LogP contribution >= 0.6 is 0 Å². The second-order valence-electron chi connectivity index (χ2n) is 7.10. The first-order chi connectivity index (χ1) is 13.8. The lowest BCUT2D eigenvalue weighted by Crippen LogP contribution is -2.32. The van der Waals surface area contributed by atoms with Gasteiger partial charge in [0.15, 0.2) is 0 Å². The molecule has 2 amide bonds. The van der Waals surface area contributed by atoms with Crippen LogP contribution < -0.4 is 14.9 Å². The zero-order valence-electron chi connectivity index (χ0n) is 16.5. The van der Waals surface area contributed by atoms with E-state index >= 15 is 0 Å². The number of hydrogen-bond donors (Lipinski definition) is 2. The summed E-state index contributed by atoms with van der Waals surface area (Å²) in [5, 5.41) is 2.78. The fourth-order valence-electron chi connectivity index (χ4n) is 3.05. The highest BCUT2D eigenvalue weighted by molar-refractivity contribution is 7.89. The molecule has 0 saturated carbocycles. The molecule has 154 valence electrons. The summed E-state index contributed by atoms with van der Waals surface area (Å²) in [4.78, 5) is 26.1. The summed E-state index contributed by atoms with van der Waals surface area (Å²) in [6.45, 7) is 4.41. The molecule has 2 N–H and O–H groups in total. The van der Waals surface area contributed by atoms with Crippen LogP contribution in [0.25, 0.3) is 0 Å². The van der Waals surface area contributed by atoms with Crippen molar-refractivity contribution in [2.45, 2.75) is 44.0 Å². The van der Waals surface area contributed by atoms with Gasteiger partial charge in [0.1, 0.15) is 0 Å². The summed E-state index contributed by atoms with van der Waals surface area (Å²) in [5.74, 6) is -0.228. The van der Waals surface area contributed by atoms with E-state index in [4.69, 9.17) is 0 Å². The van der Waals surface area contributed by atoms with Gasteiger partial charge in [-0.25, -0.2) is 13.1 Å². The van der Waals surface area contributed by atoms with Crippen LogP contribution in [0.4, 0.5) is 11.4 Å². The van der Waals surface area contributed by atoms with Gasteiger partial charge in [-0.1, -0.05) is 6.92 Å². The highest BCUT2D eigenvalue weighted by atomic mass is 32.2. The van der Waals surface area contributed by atoms with E-state index in [9.17, 15) is 18.0 Å². The molecule has 0 unspecified atom stereocenters. The van der Waals surface area contributed by atoms with Crippen molar-refractivity contribution >= 4 is 33.2 Å². The number of amides is 2. The van der Waals surface area contributed by atoms with Gasteiger partial charge in [-0.05, 0) is 68.3 Å². The van der Waals surface area contributed by atoms with Crippen molar-refractivity contribution in [2.75, 3.05) is 16.8 Å². The lowest BCUT2D eigenvalue weighted by atomic mass is 10.2. The predicted octanol–water partition coefficient (Wildman–Crippen LogP) is 3.14. The minimum Gasteiger partial charge on any atom is -0.322 e. The molecule has 7 nitrogen and oxygen atoms in total. The Bertz CT molecular complexity index is 986. The van der Waals surface area contributed by atoms with E-state index in [0.29, 0.717) is 30.6 Å². The van der Waals surface area contributed by atoms with Gasteiger partial charge in [-0.2, -0.15) is 0 Å². The average Bonchev–Trinajstić information content (AvgIpc) is 3.14. The fourth-order valence-corrected chi connectivity index (χ4v) is 4.38. The zero-order chi connectivity index (χ0) is 21.0. The van der Waals surface area contributed by atoms with Crippen molar-refractivity contribution in [1.82, 2.24) is 4.72 Å². The van der Waals surface area contributed by atoms with Gasteiger partial charge < -0.3 is 10.2 Å². The number of carbonyl (C=O) groups is 2. The van der Waals surface area contributed by atoms with Crippen LogP contribution in [0, 0.1) is 0 Å². The third-order valence-corrected chi connectivity index (χ3v) is 6.51. The first kappa shape index (κ1) is 21.0. The van der Waals surface area contributed by atoms with E-state index in [2.05, 4.69) is 10.0 Å². The molecule has 0 aliphatic carbocycles. The Balaban J connectivity index is 1.66. The largest absolute Gasteiger partial charge is 0.322 e. The third-order valence-electron chi connectivity index (χ3n) is 4.91. The SMILES string of the molecule is CC[C@@H](C)NS(=O)(=O)c1ccc(C(=O)Nc2ccc(N3CCCC3=O)cc2)cc1. The lowest BCUT2D eigenvalue weighted by molar-refractivity contribution is -0.117. The summed E-state index contributed by atoms with van der Waals surface area (Å²) in [5.41, 5.74) is 1.76. The Kier molecular flexibility index (Phi) is 6.34. The van der Waals surface area contributed by atoms with E-state index in [1.807, 2.05) is 6.92 Å². The van der Waals surface area contributed by atoms with Crippen LogP contribution in [-0.2, 0) is 14.8 Å². The van der Waals surface area contributed by atoms with Crippen molar-refractivity contribution in [3.63, 3.8) is 0 Å². The lowest BCUT2D eigenvalue weighted by Gasteiger charge is -2.16. The monoisotopic (exact) mass is 415 g/mol. The quantitative estimate of drug-likeness (QED) is 0.726. The maximum absolute atomic E-state index is 12.5. The number of hydrogen-bond acceptors (Lipinski definition) is 4. The highest BCUT2D eigenvalue weighted by Crippen LogP contribution is 2.23. The number of nitrogens with one attached hydrogen (secondary N) is 2. The summed E-state index contributed by atoms with van der Waals surface area (Å²) >= 11 is 0. The molecule has 1 saturated heterocycles. The smallest absolute Gasteiger partial charge is 0.255 e. The van der Waals surface area contributed by atoms with E-state index < -0.39 is 10.0 Å². The number of carbonyl (C=O) groups excluding carboxylic acids is 2. The molecule has 3 rings (SSSR count). The van der Waals surface area contributed by atoms with Crippen molar-refractivity contribution in [2.24, 2.45) is 0 Å². The second-order valence-corrected chi connectivity index (χ2v) is 8.82. The minimum absolute atomic E-state index is 0.111. The van der Waals surface area contributed by atoms with Crippen molar-refractivity contribution in [3.05, 3.63) is 54.1 Å². The van der Waals surface area contributed by atoms with E-state index in [1.165, 1.54) is 24.3 Å². The molecule has 8 heteroatoms. The van der Waals surface area contributed by atoms with Crippen LogP contribution in [0.2, 0.25) is 0 Å². The van der Waals surface area contributed by atoms with Crippen LogP contribution in [0.15, 0.2) is 53.4 Å². The Morgan fingerprint density at radius 2 is 1.76 bits per heavy atom. The predicted molar refractivity (Wildman–Crippen MR) is 112 cm³/mol. The highest BCUT2D eigenvalue weighted by Gasteiger charge is 2.21. The molecular formula is C21H25N3O4S. The number of benzene rings is 2. The molecule has 29 heavy (non-hydrogen) atoms. The molecule has 0 radical (unpaired) electrons. The third kappa shape index (κ3) is 5.02. The summed E-state index contributed by atoms with van der Waals surface area (Å²) in [6.07, 6.45) is 2.11. The van der Waals surface area contributed by atoms with Crippen LogP contribution in [-0.4, -0.2) is 32.8 Å². The Morgan fingerprint density at radius 3 is 2.31 bits per heavy atom. The molecule has 1 aliphatic heterocycles. The molecule has 2 aromatic carbocycles. The topological polar surface area (TPSA) is 95.6 Å². The minimum atomic E-state index is -3.60. The average molecular weight is 416 g/mol. The van der Waals surface area contributed by atoms with Gasteiger partial charge in [-0.15, -0.1) is 0 Å². The van der Waals surface area contributed by atoms with Crippen LogP contribution in [0.5, 0.6) is 0 Å². The molecule has 1 aliphatic rings. The molecule has 0 bridgehead atoms. The van der Waals surface area contributed by atoms with Gasteiger partial charge in [0.05, 0.1) is 4.90 Å². The normalized spacial score (nSPS) is 15.4. The summed E-state index contributed by atoms with van der Waals surface area (Å²) < 4.78 is 27.2. The van der Waals surface area contributed by atoms with Crippen molar-refractivity contribution in [1.29, 1.82) is 0 Å². The van der Waals surface area contributed by atoms with Gasteiger partial charge in [0.25, 0.3) is 5.91 Å². The van der Waals surface area contributed by atoms with Crippen molar-refractivity contribution in [3.8, 4) is 0 Å². The molecule has 0 aromatic heterocycles. The number of sulfonamides is 1. The van der Waals surface area contributed by atoms with Crippen LogP contribution in [0.3, 0.4) is 0 Å². The Labute approximate surface area is 171 Å². The second kappa shape index (κ2) is 8.75. The molecule has 1 atom stereocenters. The molecular weight excluding hydrogens is 390 g/mol. The first-order valence-corrected chi connectivity index (χ1v) is 11.1. The molecule has 2 aromatic rings. The zero-order valence-corrected chi connectivity index (χ0v) is 17.3. The van der Waals surface area contributed by atoms with Gasteiger partial charge in [-0.3, -0.25) is 9.59 Å². The Morgan fingerprint density at radius 1 is 1.10 bits per heavy atom. The first-order valence-electron chi connectivity index (χ1n) is 9.64. The maximum atomic E-state index is 12.5. The van der Waals surface area contributed by atoms with E-state index in [0.717, 1.165) is 12.1 Å². The van der Waals surface area contributed by atoms with Crippen LogP contribution in [0.1, 0.15) is 43.5 Å². The summed E-state index contributed by atoms with van der Waals surface area (Å²) in [6, 6.07) is 12.7. The van der Waals surface area contributed by atoms with Gasteiger partial charge in [0, 0.05) is 35.9 Å². The maximum Gasteiger partial charge on any atom is 0.255 e. The van der Waals surface area contributed by atoms with E-state index in [-0.39, 0.29) is 22.8 Å². The number of rotatable bonds is 7.